The molecule has 0 radical (unpaired) electrons. The third-order valence-electron chi connectivity index (χ3n) is 1.66. The fourth-order valence-corrected chi connectivity index (χ4v) is 1.01. The van der Waals surface area contributed by atoms with Gasteiger partial charge in [0.1, 0.15) is 0 Å². The molecule has 0 atom stereocenters. The number of carbonyl (C=O) groups excluding carboxylic acids is 1. The Bertz CT molecular complexity index is 266. The standard InChI is InChI=1S/C9H11NO2/c10-6-5-7-1-3-8(4-2-7)9(11)12/h1-4H,5-6,10H2,(H,11,12). The lowest BCUT2D eigenvalue weighted by Gasteiger charge is -2.02. The van der Waals surface area contributed by atoms with Crippen LogP contribution in [-0.4, -0.2) is 12.5 Å². The Morgan fingerprint density at radius 1 is 1.33 bits per heavy atom. The molecule has 3 heteroatoms. The van der Waals surface area contributed by atoms with Crippen molar-refractivity contribution < 1.29 is 15.6 Å². The second-order valence-electron chi connectivity index (χ2n) is 2.59. The van der Waals surface area contributed by atoms with Gasteiger partial charge in [-0.3, -0.25) is 0 Å². The van der Waals surface area contributed by atoms with Gasteiger partial charge in [0, 0.05) is 6.42 Å². The predicted octanol–water partition coefficient (Wildman–Crippen LogP) is -1.17. The summed E-state index contributed by atoms with van der Waals surface area (Å²) in [5.74, 6) is -1.13. The average molecular weight is 165 g/mol. The van der Waals surface area contributed by atoms with Crippen molar-refractivity contribution in [2.45, 2.75) is 6.42 Å². The smallest absolute Gasteiger partial charge is 0.0780 e. The highest BCUT2D eigenvalue weighted by atomic mass is 16.4. The van der Waals surface area contributed by atoms with Gasteiger partial charge in [-0.15, -0.1) is 0 Å². The van der Waals surface area contributed by atoms with Gasteiger partial charge < -0.3 is 15.6 Å². The highest BCUT2D eigenvalue weighted by Crippen LogP contribution is 2.03. The van der Waals surface area contributed by atoms with Gasteiger partial charge >= 0.3 is 0 Å². The Morgan fingerprint density at radius 3 is 2.33 bits per heavy atom. The van der Waals surface area contributed by atoms with E-state index >= 15 is 0 Å². The Kier molecular flexibility index (Phi) is 2.82. The molecule has 0 aromatic heterocycles. The molecule has 0 fully saturated rings. The van der Waals surface area contributed by atoms with Crippen molar-refractivity contribution in [3.05, 3.63) is 35.4 Å². The molecule has 12 heavy (non-hydrogen) atoms. The first-order valence-corrected chi connectivity index (χ1v) is 3.83. The van der Waals surface area contributed by atoms with Crippen molar-refractivity contribution in [3.8, 4) is 0 Å². The first-order valence-electron chi connectivity index (χ1n) is 3.83. The van der Waals surface area contributed by atoms with Crippen molar-refractivity contribution in [2.75, 3.05) is 6.54 Å². The van der Waals surface area contributed by atoms with E-state index in [9.17, 15) is 9.90 Å². The molecule has 0 aliphatic carbocycles. The number of carboxylic acids is 1. The Balaban J connectivity index is 2.78. The van der Waals surface area contributed by atoms with Crippen molar-refractivity contribution in [1.29, 1.82) is 0 Å². The summed E-state index contributed by atoms with van der Waals surface area (Å²) in [6.07, 6.45) is 0.882. The van der Waals surface area contributed by atoms with Crippen LogP contribution in [0, 0.1) is 0 Å². The van der Waals surface area contributed by atoms with Crippen LogP contribution in [0.4, 0.5) is 0 Å². The van der Waals surface area contributed by atoms with E-state index in [1.807, 2.05) is 0 Å². The molecule has 0 amide bonds. The maximum Gasteiger partial charge on any atom is 0.0780 e. The van der Waals surface area contributed by atoms with Crippen LogP contribution < -0.4 is 10.8 Å². The van der Waals surface area contributed by atoms with Crippen LogP contribution in [0.1, 0.15) is 15.9 Å². The van der Waals surface area contributed by atoms with Crippen LogP contribution >= 0.6 is 0 Å². The largest absolute Gasteiger partial charge is 0.545 e. The molecular weight excluding hydrogens is 154 g/mol. The topological polar surface area (TPSA) is 67.8 Å². The lowest BCUT2D eigenvalue weighted by molar-refractivity contribution is -0.366. The number of hydrogen-bond acceptors (Lipinski definition) is 2. The molecular formula is C9H11NO2. The molecule has 3 N–H and O–H groups in total. The third kappa shape index (κ3) is 2.07. The zero-order valence-corrected chi connectivity index (χ0v) is 6.75. The molecule has 0 saturated heterocycles. The van der Waals surface area contributed by atoms with Crippen LogP contribution in [0.2, 0.25) is 0 Å². The van der Waals surface area contributed by atoms with Crippen LogP contribution in [0.25, 0.3) is 0 Å². The first-order chi connectivity index (χ1) is 5.74. The summed E-state index contributed by atoms with van der Waals surface area (Å²) in [6.45, 7) is 0.824. The SMILES string of the molecule is [NH3+]CCc1ccc(C(=O)[O-])cc1. The van der Waals surface area contributed by atoms with Crippen LogP contribution in [-0.2, 0) is 6.42 Å². The summed E-state index contributed by atoms with van der Waals surface area (Å²) in [5.41, 5.74) is 5.04. The maximum absolute atomic E-state index is 10.3. The van der Waals surface area contributed by atoms with Gasteiger partial charge in [-0.2, -0.15) is 0 Å². The molecule has 0 unspecified atom stereocenters. The fourth-order valence-electron chi connectivity index (χ4n) is 1.01. The monoisotopic (exact) mass is 165 g/mol. The molecule has 0 aliphatic heterocycles. The maximum atomic E-state index is 10.3. The van der Waals surface area contributed by atoms with E-state index in [-0.39, 0.29) is 5.56 Å². The predicted molar refractivity (Wildman–Crippen MR) is 42.2 cm³/mol. The first kappa shape index (κ1) is 8.74. The number of hydrogen-bond donors (Lipinski definition) is 1. The third-order valence-corrected chi connectivity index (χ3v) is 1.66. The number of aromatic carboxylic acids is 1. The summed E-state index contributed by atoms with van der Waals surface area (Å²) >= 11 is 0. The van der Waals surface area contributed by atoms with Gasteiger partial charge in [-0.1, -0.05) is 24.3 Å². The minimum absolute atomic E-state index is 0.225. The summed E-state index contributed by atoms with van der Waals surface area (Å²) in [4.78, 5) is 10.3. The number of carboxylic acid groups (broad SMARTS) is 1. The minimum Gasteiger partial charge on any atom is -0.545 e. The molecule has 64 valence electrons. The van der Waals surface area contributed by atoms with Gasteiger partial charge in [0.15, 0.2) is 0 Å². The molecule has 0 heterocycles. The Hall–Kier alpha value is -1.35. The second kappa shape index (κ2) is 3.88. The van der Waals surface area contributed by atoms with Crippen LogP contribution in [0.15, 0.2) is 24.3 Å². The molecule has 0 saturated carbocycles. The summed E-state index contributed by atoms with van der Waals surface area (Å²) in [6, 6.07) is 6.69. The van der Waals surface area contributed by atoms with E-state index in [1.54, 1.807) is 24.3 Å². The van der Waals surface area contributed by atoms with Crippen molar-refractivity contribution >= 4 is 5.97 Å². The molecule has 1 aromatic carbocycles. The van der Waals surface area contributed by atoms with E-state index in [1.165, 1.54) is 0 Å². The Morgan fingerprint density at radius 2 is 1.92 bits per heavy atom. The molecule has 0 aliphatic rings. The zero-order valence-electron chi connectivity index (χ0n) is 6.75. The highest BCUT2D eigenvalue weighted by molar-refractivity contribution is 5.85. The molecule has 0 bridgehead atoms. The van der Waals surface area contributed by atoms with Crippen molar-refractivity contribution in [3.63, 3.8) is 0 Å². The average Bonchev–Trinajstić information content (AvgIpc) is 2.06. The van der Waals surface area contributed by atoms with Gasteiger partial charge in [0.25, 0.3) is 0 Å². The molecule has 1 rings (SSSR count). The summed E-state index contributed by atoms with van der Waals surface area (Å²) in [7, 11) is 0. The quantitative estimate of drug-likeness (QED) is 0.613. The van der Waals surface area contributed by atoms with E-state index in [0.717, 1.165) is 18.5 Å². The lowest BCUT2D eigenvalue weighted by atomic mass is 10.1. The summed E-state index contributed by atoms with van der Waals surface area (Å²) in [5, 5.41) is 10.3. The second-order valence-corrected chi connectivity index (χ2v) is 2.59. The molecule has 0 spiro atoms. The van der Waals surface area contributed by atoms with Gasteiger partial charge in [0.2, 0.25) is 0 Å². The molecule has 1 aromatic rings. The van der Waals surface area contributed by atoms with Gasteiger partial charge in [-0.25, -0.2) is 0 Å². The minimum atomic E-state index is -1.13. The van der Waals surface area contributed by atoms with E-state index in [4.69, 9.17) is 0 Å². The lowest BCUT2D eigenvalue weighted by Crippen LogP contribution is -2.51. The van der Waals surface area contributed by atoms with E-state index in [0.29, 0.717) is 0 Å². The Labute approximate surface area is 70.8 Å². The fraction of sp³-hybridized carbons (Fsp3) is 0.222. The summed E-state index contributed by atoms with van der Waals surface area (Å²) < 4.78 is 0. The van der Waals surface area contributed by atoms with E-state index < -0.39 is 5.97 Å². The van der Waals surface area contributed by atoms with Crippen LogP contribution in [0.5, 0.6) is 0 Å². The van der Waals surface area contributed by atoms with Crippen molar-refractivity contribution in [2.24, 2.45) is 0 Å². The molecule has 3 nitrogen and oxygen atoms in total. The number of carbonyl (C=O) groups is 1. The van der Waals surface area contributed by atoms with Gasteiger partial charge in [-0.05, 0) is 11.1 Å². The van der Waals surface area contributed by atoms with Crippen molar-refractivity contribution in [1.82, 2.24) is 0 Å². The normalized spacial score (nSPS) is 9.75. The van der Waals surface area contributed by atoms with Gasteiger partial charge in [0.05, 0.1) is 12.5 Å². The number of rotatable bonds is 3. The van der Waals surface area contributed by atoms with Crippen LogP contribution in [0.3, 0.4) is 0 Å². The number of quaternary nitrogens is 1. The number of benzene rings is 1. The van der Waals surface area contributed by atoms with E-state index in [2.05, 4.69) is 5.73 Å². The highest BCUT2D eigenvalue weighted by Gasteiger charge is 1.94. The zero-order chi connectivity index (χ0) is 8.97.